The van der Waals surface area contributed by atoms with Crippen molar-refractivity contribution in [1.29, 1.82) is 0 Å². The third-order valence-electron chi connectivity index (χ3n) is 6.34. The van der Waals surface area contributed by atoms with Crippen LogP contribution in [0, 0.1) is 20.8 Å². The lowest BCUT2D eigenvalue weighted by Crippen LogP contribution is -2.14. The Morgan fingerprint density at radius 1 is 1.16 bits per heavy atom. The van der Waals surface area contributed by atoms with Gasteiger partial charge in [0.05, 0.1) is 5.69 Å². The molecular weight excluding hydrogens is 416 g/mol. The highest BCUT2D eigenvalue weighted by atomic mass is 32.2. The summed E-state index contributed by atoms with van der Waals surface area (Å²) in [6.07, 6.45) is 3.50. The van der Waals surface area contributed by atoms with E-state index in [9.17, 15) is 4.79 Å². The predicted octanol–water partition coefficient (Wildman–Crippen LogP) is 6.29. The van der Waals surface area contributed by atoms with Gasteiger partial charge in [0.25, 0.3) is 0 Å². The number of hydrogen-bond donors (Lipinski definition) is 0. The standard InChI is InChI=1S/C27H32N2O2S/c1-6-32-23-9-7-8-21-14-15-22(18(3)24(21)23)26(30)25-19(4)28-29(5)27(25)31-16-20-12-10-17(2)11-13-20/h10-15,23H,6-9,16H2,1-5H3. The van der Waals surface area contributed by atoms with Crippen LogP contribution in [0.5, 0.6) is 5.88 Å². The molecule has 1 atom stereocenters. The second kappa shape index (κ2) is 9.53. The van der Waals surface area contributed by atoms with E-state index in [2.05, 4.69) is 56.2 Å². The number of benzene rings is 2. The zero-order chi connectivity index (χ0) is 22.8. The monoisotopic (exact) mass is 448 g/mol. The summed E-state index contributed by atoms with van der Waals surface area (Å²) in [5.74, 6) is 1.62. The van der Waals surface area contributed by atoms with E-state index in [4.69, 9.17) is 4.74 Å². The van der Waals surface area contributed by atoms with Crippen LogP contribution in [0.3, 0.4) is 0 Å². The number of aromatic nitrogens is 2. The lowest BCUT2D eigenvalue weighted by molar-refractivity contribution is 0.103. The Bertz CT molecular complexity index is 1130. The second-order valence-corrected chi connectivity index (χ2v) is 10.1. The van der Waals surface area contributed by atoms with Gasteiger partial charge in [-0.1, -0.05) is 48.9 Å². The van der Waals surface area contributed by atoms with Crippen molar-refractivity contribution in [3.05, 3.63) is 81.0 Å². The highest BCUT2D eigenvalue weighted by Gasteiger charge is 2.28. The van der Waals surface area contributed by atoms with E-state index in [1.54, 1.807) is 4.68 Å². The minimum Gasteiger partial charge on any atom is -0.472 e. The Hall–Kier alpha value is -2.53. The van der Waals surface area contributed by atoms with Crippen LogP contribution < -0.4 is 4.74 Å². The van der Waals surface area contributed by atoms with E-state index in [-0.39, 0.29) is 5.78 Å². The quantitative estimate of drug-likeness (QED) is 0.399. The average molecular weight is 449 g/mol. The summed E-state index contributed by atoms with van der Waals surface area (Å²) in [5.41, 5.74) is 8.20. The first-order chi connectivity index (χ1) is 15.4. The van der Waals surface area contributed by atoms with E-state index in [0.717, 1.165) is 28.9 Å². The maximum Gasteiger partial charge on any atom is 0.223 e. The van der Waals surface area contributed by atoms with E-state index in [1.165, 1.54) is 29.5 Å². The van der Waals surface area contributed by atoms with Crippen molar-refractivity contribution in [1.82, 2.24) is 9.78 Å². The predicted molar refractivity (Wildman–Crippen MR) is 132 cm³/mol. The number of ether oxygens (including phenoxy) is 1. The minimum atomic E-state index is 0.000582. The number of carbonyl (C=O) groups is 1. The number of hydrogen-bond acceptors (Lipinski definition) is 4. The fourth-order valence-electron chi connectivity index (χ4n) is 4.72. The summed E-state index contributed by atoms with van der Waals surface area (Å²) in [5, 5.41) is 4.99. The van der Waals surface area contributed by atoms with Crippen molar-refractivity contribution in [2.75, 3.05) is 5.75 Å². The van der Waals surface area contributed by atoms with Gasteiger partial charge in [0.2, 0.25) is 11.7 Å². The Morgan fingerprint density at radius 2 is 1.91 bits per heavy atom. The van der Waals surface area contributed by atoms with Gasteiger partial charge in [-0.25, -0.2) is 4.68 Å². The average Bonchev–Trinajstić information content (AvgIpc) is 3.06. The van der Waals surface area contributed by atoms with E-state index in [1.807, 2.05) is 31.8 Å². The molecule has 0 radical (unpaired) electrons. The van der Waals surface area contributed by atoms with E-state index < -0.39 is 0 Å². The van der Waals surface area contributed by atoms with Crippen molar-refractivity contribution in [2.24, 2.45) is 7.05 Å². The summed E-state index contributed by atoms with van der Waals surface area (Å²) in [6.45, 7) is 8.67. The molecule has 3 aromatic rings. The molecule has 1 heterocycles. The largest absolute Gasteiger partial charge is 0.472 e. The molecule has 0 amide bonds. The second-order valence-electron chi connectivity index (χ2n) is 8.64. The smallest absolute Gasteiger partial charge is 0.223 e. The van der Waals surface area contributed by atoms with Crippen LogP contribution in [0.25, 0.3) is 0 Å². The lowest BCUT2D eigenvalue weighted by atomic mass is 9.84. The van der Waals surface area contributed by atoms with Gasteiger partial charge in [-0.3, -0.25) is 4.79 Å². The van der Waals surface area contributed by atoms with Crippen molar-refractivity contribution < 1.29 is 9.53 Å². The highest BCUT2D eigenvalue weighted by molar-refractivity contribution is 7.99. The first kappa shape index (κ1) is 22.7. The molecule has 32 heavy (non-hydrogen) atoms. The molecule has 0 fully saturated rings. The maximum absolute atomic E-state index is 13.8. The summed E-state index contributed by atoms with van der Waals surface area (Å²) >= 11 is 1.99. The van der Waals surface area contributed by atoms with Crippen LogP contribution in [0.4, 0.5) is 0 Å². The summed E-state index contributed by atoms with van der Waals surface area (Å²) in [4.78, 5) is 13.8. The lowest BCUT2D eigenvalue weighted by Gasteiger charge is -2.28. The Morgan fingerprint density at radius 3 is 2.62 bits per heavy atom. The Labute approximate surface area is 195 Å². The molecule has 1 aliphatic rings. The van der Waals surface area contributed by atoms with Crippen LogP contribution in [0.15, 0.2) is 36.4 Å². The van der Waals surface area contributed by atoms with Gasteiger partial charge in [0.15, 0.2) is 0 Å². The number of ketones is 1. The zero-order valence-electron chi connectivity index (χ0n) is 19.7. The zero-order valence-corrected chi connectivity index (χ0v) is 20.5. The van der Waals surface area contributed by atoms with Crippen LogP contribution in [0.2, 0.25) is 0 Å². The van der Waals surface area contributed by atoms with Gasteiger partial charge in [-0.2, -0.15) is 16.9 Å². The van der Waals surface area contributed by atoms with Crippen LogP contribution in [-0.4, -0.2) is 21.3 Å². The number of thioether (sulfide) groups is 1. The van der Waals surface area contributed by atoms with Gasteiger partial charge < -0.3 is 4.74 Å². The number of fused-ring (bicyclic) bond motifs is 1. The third-order valence-corrected chi connectivity index (χ3v) is 7.55. The van der Waals surface area contributed by atoms with Crippen molar-refractivity contribution in [3.63, 3.8) is 0 Å². The number of rotatable bonds is 7. The topological polar surface area (TPSA) is 44.1 Å². The molecule has 1 aromatic heterocycles. The molecule has 0 aliphatic heterocycles. The van der Waals surface area contributed by atoms with E-state index >= 15 is 0 Å². The van der Waals surface area contributed by atoms with Gasteiger partial charge >= 0.3 is 0 Å². The van der Waals surface area contributed by atoms with Crippen LogP contribution >= 0.6 is 11.8 Å². The number of nitrogens with zero attached hydrogens (tertiary/aromatic N) is 2. The van der Waals surface area contributed by atoms with Crippen molar-refractivity contribution >= 4 is 17.5 Å². The SMILES string of the molecule is CCSC1CCCc2ccc(C(=O)c3c(C)nn(C)c3OCc3ccc(C)cc3)c(C)c21. The van der Waals surface area contributed by atoms with Gasteiger partial charge in [-0.05, 0) is 68.0 Å². The molecule has 5 heteroatoms. The molecule has 0 N–H and O–H groups in total. The van der Waals surface area contributed by atoms with Crippen molar-refractivity contribution in [2.45, 2.75) is 58.8 Å². The molecule has 4 nitrogen and oxygen atoms in total. The van der Waals surface area contributed by atoms with Gasteiger partial charge in [0, 0.05) is 17.9 Å². The minimum absolute atomic E-state index is 0.000582. The molecule has 0 saturated carbocycles. The summed E-state index contributed by atoms with van der Waals surface area (Å²) < 4.78 is 7.83. The molecular formula is C27H32N2O2S. The number of carbonyl (C=O) groups excluding carboxylic acids is 1. The third kappa shape index (κ3) is 4.36. The fourth-order valence-corrected chi connectivity index (χ4v) is 5.95. The van der Waals surface area contributed by atoms with E-state index in [0.29, 0.717) is 29.0 Å². The molecule has 2 aromatic carbocycles. The van der Waals surface area contributed by atoms with Crippen LogP contribution in [-0.2, 0) is 20.1 Å². The molecule has 1 unspecified atom stereocenters. The van der Waals surface area contributed by atoms with Gasteiger partial charge in [0.1, 0.15) is 12.2 Å². The molecule has 168 valence electrons. The van der Waals surface area contributed by atoms with Gasteiger partial charge in [-0.15, -0.1) is 0 Å². The number of aryl methyl sites for hydroxylation is 4. The summed E-state index contributed by atoms with van der Waals surface area (Å²) in [7, 11) is 1.84. The molecule has 1 aliphatic carbocycles. The Kier molecular flexibility index (Phi) is 6.75. The highest BCUT2D eigenvalue weighted by Crippen LogP contribution is 2.42. The van der Waals surface area contributed by atoms with Crippen LogP contribution in [0.1, 0.15) is 74.4 Å². The first-order valence-electron chi connectivity index (χ1n) is 11.4. The first-order valence-corrected chi connectivity index (χ1v) is 12.5. The molecule has 4 rings (SSSR count). The molecule has 0 spiro atoms. The Balaban J connectivity index is 1.68. The summed E-state index contributed by atoms with van der Waals surface area (Å²) in [6, 6.07) is 12.4. The fraction of sp³-hybridized carbons (Fsp3) is 0.407. The normalized spacial score (nSPS) is 15.5. The molecule has 0 saturated heterocycles. The maximum atomic E-state index is 13.8. The van der Waals surface area contributed by atoms with Crippen molar-refractivity contribution in [3.8, 4) is 5.88 Å². The molecule has 0 bridgehead atoms.